The van der Waals surface area contributed by atoms with Crippen LogP contribution in [0.5, 0.6) is 0 Å². The third kappa shape index (κ3) is 3.89. The van der Waals surface area contributed by atoms with Crippen molar-refractivity contribution in [1.82, 2.24) is 19.7 Å². The Morgan fingerprint density at radius 3 is 2.79 bits per heavy atom. The highest BCUT2D eigenvalue weighted by molar-refractivity contribution is 7.99. The first-order chi connectivity index (χ1) is 13.6. The molecule has 0 aliphatic rings. The lowest BCUT2D eigenvalue weighted by atomic mass is 10.1. The summed E-state index contributed by atoms with van der Waals surface area (Å²) in [6.45, 7) is 2.10. The largest absolute Gasteiger partial charge is 0.321 e. The van der Waals surface area contributed by atoms with Crippen LogP contribution in [0.4, 0.5) is 5.69 Å². The van der Waals surface area contributed by atoms with E-state index in [1.807, 2.05) is 66.2 Å². The van der Waals surface area contributed by atoms with E-state index in [2.05, 4.69) is 27.4 Å². The number of hydrogen-bond donors (Lipinski definition) is 1. The number of pyridine rings is 1. The van der Waals surface area contributed by atoms with Crippen LogP contribution in [0.15, 0.2) is 72.1 Å². The fourth-order valence-corrected chi connectivity index (χ4v) is 3.77. The van der Waals surface area contributed by atoms with Crippen molar-refractivity contribution in [3.05, 3.63) is 78.2 Å². The van der Waals surface area contributed by atoms with E-state index in [1.165, 1.54) is 0 Å². The van der Waals surface area contributed by atoms with E-state index in [9.17, 15) is 4.79 Å². The predicted octanol–water partition coefficient (Wildman–Crippen LogP) is 4.47. The maximum absolute atomic E-state index is 12.6. The topological polar surface area (TPSA) is 72.7 Å². The maximum atomic E-state index is 12.6. The standard InChI is InChI=1S/C21H19N5OS/c1-14(28-21-25-22-13-26(21)2)16-7-5-8-17(12-16)23-20(27)19-11-10-15-6-3-4-9-18(15)24-19/h3-14H,1-2H3,(H,23,27)/t14-/m0/s1. The maximum Gasteiger partial charge on any atom is 0.274 e. The minimum absolute atomic E-state index is 0.165. The van der Waals surface area contributed by atoms with Crippen molar-refractivity contribution in [3.63, 3.8) is 0 Å². The molecule has 0 bridgehead atoms. The number of thioether (sulfide) groups is 1. The summed E-state index contributed by atoms with van der Waals surface area (Å²) in [5.74, 6) is -0.225. The first-order valence-corrected chi connectivity index (χ1v) is 9.76. The molecule has 0 aliphatic heterocycles. The van der Waals surface area contributed by atoms with Gasteiger partial charge < -0.3 is 9.88 Å². The molecular weight excluding hydrogens is 370 g/mol. The summed E-state index contributed by atoms with van der Waals surface area (Å²) in [4.78, 5) is 17.1. The molecular formula is C21H19N5OS. The van der Waals surface area contributed by atoms with Crippen LogP contribution in [-0.4, -0.2) is 25.7 Å². The number of fused-ring (bicyclic) bond motifs is 1. The van der Waals surface area contributed by atoms with Crippen LogP contribution in [0, 0.1) is 0 Å². The number of amides is 1. The van der Waals surface area contributed by atoms with Gasteiger partial charge in [0, 0.05) is 23.4 Å². The van der Waals surface area contributed by atoms with Gasteiger partial charge in [0.15, 0.2) is 5.16 Å². The van der Waals surface area contributed by atoms with Crippen LogP contribution in [0.25, 0.3) is 10.9 Å². The number of rotatable bonds is 5. The average Bonchev–Trinajstić information content (AvgIpc) is 3.12. The van der Waals surface area contributed by atoms with E-state index in [4.69, 9.17) is 0 Å². The lowest BCUT2D eigenvalue weighted by Crippen LogP contribution is -2.13. The normalized spacial score (nSPS) is 12.1. The molecule has 28 heavy (non-hydrogen) atoms. The number of benzene rings is 2. The number of carbonyl (C=O) groups is 1. The highest BCUT2D eigenvalue weighted by atomic mass is 32.2. The highest BCUT2D eigenvalue weighted by Crippen LogP contribution is 2.34. The summed E-state index contributed by atoms with van der Waals surface area (Å²) in [7, 11) is 1.92. The zero-order valence-electron chi connectivity index (χ0n) is 15.5. The first-order valence-electron chi connectivity index (χ1n) is 8.88. The van der Waals surface area contributed by atoms with E-state index in [0.717, 1.165) is 27.3 Å². The van der Waals surface area contributed by atoms with E-state index < -0.39 is 0 Å². The molecule has 1 amide bonds. The van der Waals surface area contributed by atoms with E-state index in [-0.39, 0.29) is 11.2 Å². The van der Waals surface area contributed by atoms with E-state index in [0.29, 0.717) is 5.69 Å². The Kier molecular flexibility index (Phi) is 5.08. The smallest absolute Gasteiger partial charge is 0.274 e. The summed E-state index contributed by atoms with van der Waals surface area (Å²) in [6, 6.07) is 19.2. The van der Waals surface area contributed by atoms with Crippen molar-refractivity contribution in [2.24, 2.45) is 7.05 Å². The predicted molar refractivity (Wildman–Crippen MR) is 111 cm³/mol. The number of nitrogens with zero attached hydrogens (tertiary/aromatic N) is 4. The van der Waals surface area contributed by atoms with Crippen LogP contribution >= 0.6 is 11.8 Å². The molecule has 0 spiro atoms. The second kappa shape index (κ2) is 7.82. The highest BCUT2D eigenvalue weighted by Gasteiger charge is 2.13. The molecule has 2 heterocycles. The van der Waals surface area contributed by atoms with Crippen molar-refractivity contribution >= 4 is 34.3 Å². The van der Waals surface area contributed by atoms with Gasteiger partial charge >= 0.3 is 0 Å². The molecule has 4 rings (SSSR count). The van der Waals surface area contributed by atoms with Crippen molar-refractivity contribution in [2.45, 2.75) is 17.3 Å². The fraction of sp³-hybridized carbons (Fsp3) is 0.143. The summed E-state index contributed by atoms with van der Waals surface area (Å²) in [5, 5.41) is 13.0. The molecule has 0 saturated heterocycles. The van der Waals surface area contributed by atoms with Gasteiger partial charge in [-0.15, -0.1) is 10.2 Å². The molecule has 1 N–H and O–H groups in total. The molecule has 0 saturated carbocycles. The lowest BCUT2D eigenvalue weighted by molar-refractivity contribution is 0.102. The number of hydrogen-bond acceptors (Lipinski definition) is 5. The molecule has 2 aromatic carbocycles. The molecule has 7 heteroatoms. The van der Waals surface area contributed by atoms with Crippen LogP contribution in [0.1, 0.15) is 28.2 Å². The number of carbonyl (C=O) groups excluding carboxylic acids is 1. The lowest BCUT2D eigenvalue weighted by Gasteiger charge is -2.13. The minimum Gasteiger partial charge on any atom is -0.321 e. The molecule has 0 fully saturated rings. The molecule has 140 valence electrons. The molecule has 0 aliphatic carbocycles. The Balaban J connectivity index is 1.50. The van der Waals surface area contributed by atoms with Gasteiger partial charge in [0.25, 0.3) is 5.91 Å². The van der Waals surface area contributed by atoms with Gasteiger partial charge in [-0.1, -0.05) is 48.2 Å². The monoisotopic (exact) mass is 389 g/mol. The molecule has 2 aromatic heterocycles. The first kappa shape index (κ1) is 18.2. The zero-order chi connectivity index (χ0) is 19.5. The van der Waals surface area contributed by atoms with Crippen molar-refractivity contribution in [3.8, 4) is 0 Å². The van der Waals surface area contributed by atoms with Gasteiger partial charge in [-0.25, -0.2) is 4.98 Å². The number of para-hydroxylation sites is 1. The third-order valence-corrected chi connectivity index (χ3v) is 5.60. The zero-order valence-corrected chi connectivity index (χ0v) is 16.4. The average molecular weight is 389 g/mol. The molecule has 6 nitrogen and oxygen atoms in total. The van der Waals surface area contributed by atoms with Crippen LogP contribution in [-0.2, 0) is 7.05 Å². The van der Waals surface area contributed by atoms with Crippen LogP contribution in [0.2, 0.25) is 0 Å². The van der Waals surface area contributed by atoms with Crippen molar-refractivity contribution in [1.29, 1.82) is 0 Å². The molecule has 4 aromatic rings. The van der Waals surface area contributed by atoms with Crippen molar-refractivity contribution < 1.29 is 4.79 Å². The molecule has 0 unspecified atom stereocenters. The summed E-state index contributed by atoms with van der Waals surface area (Å²) >= 11 is 1.62. The fourth-order valence-electron chi connectivity index (χ4n) is 2.86. The number of aromatic nitrogens is 4. The quantitative estimate of drug-likeness (QED) is 0.510. The van der Waals surface area contributed by atoms with E-state index in [1.54, 1.807) is 24.2 Å². The van der Waals surface area contributed by atoms with E-state index >= 15 is 0 Å². The Bertz CT molecular complexity index is 1140. The van der Waals surface area contributed by atoms with Gasteiger partial charge in [-0.05, 0) is 36.8 Å². The van der Waals surface area contributed by atoms with Crippen LogP contribution < -0.4 is 5.32 Å². The molecule has 1 atom stereocenters. The Labute approximate surface area is 167 Å². The minimum atomic E-state index is -0.225. The Morgan fingerprint density at radius 2 is 1.96 bits per heavy atom. The van der Waals surface area contributed by atoms with Gasteiger partial charge in [0.05, 0.1) is 5.52 Å². The second-order valence-corrected chi connectivity index (χ2v) is 7.76. The Morgan fingerprint density at radius 1 is 1.11 bits per heavy atom. The SMILES string of the molecule is C[C@H](Sc1nncn1C)c1cccc(NC(=O)c2ccc3ccccc3n2)c1. The van der Waals surface area contributed by atoms with Gasteiger partial charge in [0.1, 0.15) is 12.0 Å². The van der Waals surface area contributed by atoms with Gasteiger partial charge in [-0.2, -0.15) is 0 Å². The summed E-state index contributed by atoms with van der Waals surface area (Å²) in [6.07, 6.45) is 1.68. The van der Waals surface area contributed by atoms with Crippen LogP contribution in [0.3, 0.4) is 0 Å². The third-order valence-electron chi connectivity index (χ3n) is 4.40. The van der Waals surface area contributed by atoms with Gasteiger partial charge in [-0.3, -0.25) is 4.79 Å². The summed E-state index contributed by atoms with van der Waals surface area (Å²) < 4.78 is 1.89. The second-order valence-electron chi connectivity index (χ2n) is 6.45. The van der Waals surface area contributed by atoms with Crippen molar-refractivity contribution in [2.75, 3.05) is 5.32 Å². The molecule has 0 radical (unpaired) electrons. The van der Waals surface area contributed by atoms with Gasteiger partial charge in [0.2, 0.25) is 0 Å². The summed E-state index contributed by atoms with van der Waals surface area (Å²) in [5.41, 5.74) is 3.03. The number of anilines is 1. The Hall–Kier alpha value is -3.19. The number of aryl methyl sites for hydroxylation is 1. The number of nitrogens with one attached hydrogen (secondary N) is 1.